The van der Waals surface area contributed by atoms with Crippen LogP contribution in [0.4, 0.5) is 0 Å². The summed E-state index contributed by atoms with van der Waals surface area (Å²) in [5, 5.41) is 0. The minimum atomic E-state index is 0.255. The van der Waals surface area contributed by atoms with E-state index in [2.05, 4.69) is 12.2 Å². The van der Waals surface area contributed by atoms with E-state index in [0.717, 1.165) is 17.9 Å². The summed E-state index contributed by atoms with van der Waals surface area (Å²) >= 11 is 0. The van der Waals surface area contributed by atoms with E-state index in [1.165, 1.54) is 31.3 Å². The van der Waals surface area contributed by atoms with E-state index in [1.54, 1.807) is 6.92 Å². The van der Waals surface area contributed by atoms with Gasteiger partial charge in [-0.25, -0.2) is 0 Å². The number of hydrogen-bond donors (Lipinski definition) is 0. The second kappa shape index (κ2) is 3.49. The summed E-state index contributed by atoms with van der Waals surface area (Å²) in [6.07, 6.45) is 10.5. The Kier molecular flexibility index (Phi) is 2.34. The molecule has 0 aromatic heterocycles. The zero-order valence-electron chi connectivity index (χ0n) is 8.18. The third-order valence-corrected chi connectivity index (χ3v) is 3.16. The molecule has 1 nitrogen and oxygen atoms in total. The Morgan fingerprint density at radius 2 is 2.31 bits per heavy atom. The second-order valence-electron chi connectivity index (χ2n) is 4.10. The summed E-state index contributed by atoms with van der Waals surface area (Å²) in [6.45, 7) is 1.68. The summed E-state index contributed by atoms with van der Waals surface area (Å²) in [6, 6.07) is 0. The summed E-state index contributed by atoms with van der Waals surface area (Å²) < 4.78 is 0. The average molecular weight is 176 g/mol. The van der Waals surface area contributed by atoms with Crippen LogP contribution >= 0.6 is 0 Å². The van der Waals surface area contributed by atoms with Crippen LogP contribution in [0.15, 0.2) is 23.3 Å². The highest BCUT2D eigenvalue weighted by Gasteiger charge is 2.22. The largest absolute Gasteiger partial charge is 0.295 e. The van der Waals surface area contributed by atoms with E-state index in [4.69, 9.17) is 0 Å². The van der Waals surface area contributed by atoms with Crippen LogP contribution in [0.5, 0.6) is 0 Å². The highest BCUT2D eigenvalue weighted by molar-refractivity contribution is 5.94. The van der Waals surface area contributed by atoms with Gasteiger partial charge in [0.25, 0.3) is 0 Å². The molecule has 0 aromatic rings. The van der Waals surface area contributed by atoms with Crippen LogP contribution < -0.4 is 0 Å². The zero-order valence-corrected chi connectivity index (χ0v) is 8.18. The minimum absolute atomic E-state index is 0.255. The van der Waals surface area contributed by atoms with Crippen molar-refractivity contribution in [2.45, 2.75) is 39.0 Å². The molecule has 1 atom stereocenters. The maximum Gasteiger partial charge on any atom is 0.155 e. The molecule has 0 aromatic carbocycles. The van der Waals surface area contributed by atoms with E-state index >= 15 is 0 Å². The number of ketones is 1. The molecule has 0 heterocycles. The Bertz CT molecular complexity index is 283. The Labute approximate surface area is 79.5 Å². The molecule has 2 aliphatic carbocycles. The molecule has 1 heteroatoms. The third-order valence-electron chi connectivity index (χ3n) is 3.16. The summed E-state index contributed by atoms with van der Waals surface area (Å²) in [5.74, 6) is 1.02. The number of allylic oxidation sites excluding steroid dienone is 4. The Balaban J connectivity index is 2.24. The monoisotopic (exact) mass is 176 g/mol. The number of fused-ring (bicyclic) bond motifs is 1. The minimum Gasteiger partial charge on any atom is -0.295 e. The molecule has 0 saturated carbocycles. The zero-order chi connectivity index (χ0) is 9.26. The van der Waals surface area contributed by atoms with Crippen molar-refractivity contribution < 1.29 is 4.79 Å². The van der Waals surface area contributed by atoms with Gasteiger partial charge in [-0.2, -0.15) is 0 Å². The van der Waals surface area contributed by atoms with Crippen molar-refractivity contribution in [3.8, 4) is 0 Å². The fraction of sp³-hybridized carbons (Fsp3) is 0.583. The van der Waals surface area contributed by atoms with Crippen molar-refractivity contribution in [1.82, 2.24) is 0 Å². The molecule has 0 N–H and O–H groups in total. The Morgan fingerprint density at radius 3 is 3.08 bits per heavy atom. The first-order chi connectivity index (χ1) is 6.27. The van der Waals surface area contributed by atoms with Gasteiger partial charge in [-0.1, -0.05) is 12.2 Å². The van der Waals surface area contributed by atoms with Gasteiger partial charge in [-0.3, -0.25) is 4.79 Å². The van der Waals surface area contributed by atoms with E-state index < -0.39 is 0 Å². The van der Waals surface area contributed by atoms with Crippen LogP contribution in [-0.2, 0) is 4.79 Å². The molecule has 0 bridgehead atoms. The normalized spacial score (nSPS) is 27.3. The second-order valence-corrected chi connectivity index (χ2v) is 4.10. The van der Waals surface area contributed by atoms with Gasteiger partial charge in [0.15, 0.2) is 5.78 Å². The van der Waals surface area contributed by atoms with Crippen molar-refractivity contribution in [2.75, 3.05) is 0 Å². The third kappa shape index (κ3) is 1.74. The topological polar surface area (TPSA) is 17.1 Å². The fourth-order valence-corrected chi connectivity index (χ4v) is 2.33. The van der Waals surface area contributed by atoms with Gasteiger partial charge >= 0.3 is 0 Å². The average Bonchev–Trinajstić information content (AvgIpc) is 2.17. The predicted octanol–water partition coefficient (Wildman–Crippen LogP) is 3.02. The maximum absolute atomic E-state index is 11.2. The molecule has 70 valence electrons. The summed E-state index contributed by atoms with van der Waals surface area (Å²) in [7, 11) is 0. The van der Waals surface area contributed by atoms with Crippen molar-refractivity contribution >= 4 is 5.78 Å². The number of hydrogen-bond acceptors (Lipinski definition) is 1. The summed E-state index contributed by atoms with van der Waals surface area (Å²) in [5.41, 5.74) is 2.46. The lowest BCUT2D eigenvalue weighted by Crippen LogP contribution is -2.14. The van der Waals surface area contributed by atoms with Crippen LogP contribution in [0.2, 0.25) is 0 Å². The Morgan fingerprint density at radius 1 is 1.46 bits per heavy atom. The molecular weight excluding hydrogens is 160 g/mol. The first-order valence-corrected chi connectivity index (χ1v) is 5.19. The number of carbonyl (C=O) groups is 1. The van der Waals surface area contributed by atoms with Crippen LogP contribution in [0.1, 0.15) is 39.0 Å². The number of carbonyl (C=O) groups excluding carboxylic acids is 1. The van der Waals surface area contributed by atoms with E-state index in [9.17, 15) is 4.79 Å². The van der Waals surface area contributed by atoms with Crippen LogP contribution in [0.25, 0.3) is 0 Å². The van der Waals surface area contributed by atoms with E-state index in [-0.39, 0.29) is 5.78 Å². The molecular formula is C12H16O. The molecule has 0 radical (unpaired) electrons. The smallest absolute Gasteiger partial charge is 0.155 e. The van der Waals surface area contributed by atoms with Crippen molar-refractivity contribution in [2.24, 2.45) is 5.92 Å². The van der Waals surface area contributed by atoms with Crippen molar-refractivity contribution in [3.63, 3.8) is 0 Å². The van der Waals surface area contributed by atoms with Crippen molar-refractivity contribution in [1.29, 1.82) is 0 Å². The van der Waals surface area contributed by atoms with Gasteiger partial charge in [-0.05, 0) is 56.1 Å². The SMILES string of the molecule is CC(=O)C1=CC2=CCCCC2CC1. The molecule has 1 unspecified atom stereocenters. The van der Waals surface area contributed by atoms with E-state index in [0.29, 0.717) is 0 Å². The standard InChI is InChI=1S/C12H16O/c1-9(13)11-7-6-10-4-2-3-5-12(10)8-11/h5,8,10H,2-4,6-7H2,1H3. The predicted molar refractivity (Wildman–Crippen MR) is 53.4 cm³/mol. The van der Waals surface area contributed by atoms with Crippen molar-refractivity contribution in [3.05, 3.63) is 23.3 Å². The van der Waals surface area contributed by atoms with Crippen LogP contribution in [0.3, 0.4) is 0 Å². The molecule has 0 fully saturated rings. The van der Waals surface area contributed by atoms with Gasteiger partial charge in [0, 0.05) is 0 Å². The number of Topliss-reactive ketones (excluding diaryl/α,β-unsaturated/α-hetero) is 1. The quantitative estimate of drug-likeness (QED) is 0.600. The van der Waals surface area contributed by atoms with Gasteiger partial charge < -0.3 is 0 Å². The lowest BCUT2D eigenvalue weighted by molar-refractivity contribution is -0.113. The molecule has 13 heavy (non-hydrogen) atoms. The van der Waals surface area contributed by atoms with Gasteiger partial charge in [0.05, 0.1) is 0 Å². The van der Waals surface area contributed by atoms with E-state index in [1.807, 2.05) is 0 Å². The highest BCUT2D eigenvalue weighted by atomic mass is 16.1. The van der Waals surface area contributed by atoms with Crippen LogP contribution in [0, 0.1) is 5.92 Å². The van der Waals surface area contributed by atoms with Gasteiger partial charge in [0.1, 0.15) is 0 Å². The Hall–Kier alpha value is -0.850. The highest BCUT2D eigenvalue weighted by Crippen LogP contribution is 2.35. The van der Waals surface area contributed by atoms with Crippen LogP contribution in [-0.4, -0.2) is 5.78 Å². The number of rotatable bonds is 1. The van der Waals surface area contributed by atoms with Gasteiger partial charge in [0.2, 0.25) is 0 Å². The fourth-order valence-electron chi connectivity index (χ4n) is 2.33. The van der Waals surface area contributed by atoms with Gasteiger partial charge in [-0.15, -0.1) is 0 Å². The molecule has 0 saturated heterocycles. The maximum atomic E-state index is 11.2. The molecule has 0 spiro atoms. The lowest BCUT2D eigenvalue weighted by Gasteiger charge is -2.27. The molecule has 0 amide bonds. The lowest BCUT2D eigenvalue weighted by atomic mass is 9.78. The summed E-state index contributed by atoms with van der Waals surface area (Å²) in [4.78, 5) is 11.2. The molecule has 2 rings (SSSR count). The first kappa shape index (κ1) is 8.74. The molecule has 0 aliphatic heterocycles. The molecule has 2 aliphatic rings. The first-order valence-electron chi connectivity index (χ1n) is 5.19.